The first kappa shape index (κ1) is 30.5. The van der Waals surface area contributed by atoms with Crippen molar-refractivity contribution < 1.29 is 18.3 Å². The van der Waals surface area contributed by atoms with E-state index in [0.29, 0.717) is 35.3 Å². The van der Waals surface area contributed by atoms with E-state index in [1.165, 1.54) is 17.2 Å². The number of aromatic amines is 1. The average Bonchev–Trinajstić information content (AvgIpc) is 3.99. The predicted octanol–water partition coefficient (Wildman–Crippen LogP) is 7.51. The number of nitrogens with one attached hydrogen (secondary N) is 2. The molecule has 0 saturated carbocycles. The van der Waals surface area contributed by atoms with E-state index in [4.69, 9.17) is 19.1 Å². The Hall–Kier alpha value is -5.36. The molecule has 1 amide bonds. The summed E-state index contributed by atoms with van der Waals surface area (Å²) in [6.07, 6.45) is 7.52. The number of benzene rings is 2. The van der Waals surface area contributed by atoms with Gasteiger partial charge < -0.3 is 19.4 Å². The SMILES string of the molecule is COc1cccc2c1CC[C@@H]2Nc1nccc2cc(-c3c4c(nc(C[C@@H]5CCc6cc(F)ccc65)c3-c3n[nH]c(=O)o3)[C@@H]3CCCN3C4=O)sc12. The second-order valence-corrected chi connectivity index (χ2v) is 14.9. The summed E-state index contributed by atoms with van der Waals surface area (Å²) in [5.41, 5.74) is 7.79. The zero-order valence-corrected chi connectivity index (χ0v) is 28.6. The molecule has 2 aromatic carbocycles. The molecule has 12 heteroatoms. The molecule has 1 saturated heterocycles. The molecule has 2 aliphatic heterocycles. The van der Waals surface area contributed by atoms with Crippen molar-refractivity contribution in [1.82, 2.24) is 25.1 Å². The second kappa shape index (κ2) is 11.6. The number of hydrogen-bond acceptors (Lipinski definition) is 9. The van der Waals surface area contributed by atoms with Crippen LogP contribution in [0.2, 0.25) is 0 Å². The van der Waals surface area contributed by atoms with Crippen LogP contribution in [0.25, 0.3) is 32.0 Å². The first-order valence-electron chi connectivity index (χ1n) is 17.5. The molecule has 1 fully saturated rings. The number of halogens is 1. The van der Waals surface area contributed by atoms with Crippen molar-refractivity contribution in [1.29, 1.82) is 0 Å². The molecule has 6 heterocycles. The summed E-state index contributed by atoms with van der Waals surface area (Å²) < 4.78 is 26.5. The van der Waals surface area contributed by atoms with E-state index < -0.39 is 5.76 Å². The van der Waals surface area contributed by atoms with E-state index in [1.807, 2.05) is 29.2 Å². The van der Waals surface area contributed by atoms with Gasteiger partial charge in [0.2, 0.25) is 0 Å². The third-order valence-electron chi connectivity index (χ3n) is 11.2. The van der Waals surface area contributed by atoms with E-state index in [1.54, 1.807) is 30.7 Å². The summed E-state index contributed by atoms with van der Waals surface area (Å²) in [6.45, 7) is 0.668. The Labute approximate surface area is 295 Å². The van der Waals surface area contributed by atoms with Crippen LogP contribution in [0.3, 0.4) is 0 Å². The molecule has 6 aromatic rings. The molecule has 10 nitrogen and oxygen atoms in total. The highest BCUT2D eigenvalue weighted by atomic mass is 32.1. The maximum Gasteiger partial charge on any atom is 0.434 e. The van der Waals surface area contributed by atoms with Crippen LogP contribution in [-0.2, 0) is 19.3 Å². The van der Waals surface area contributed by atoms with Crippen molar-refractivity contribution in [3.8, 4) is 27.6 Å². The van der Waals surface area contributed by atoms with Crippen molar-refractivity contribution in [2.75, 3.05) is 19.0 Å². The molecule has 0 radical (unpaired) electrons. The fourth-order valence-electron chi connectivity index (χ4n) is 8.95. The van der Waals surface area contributed by atoms with Crippen molar-refractivity contribution in [2.45, 2.75) is 62.9 Å². The van der Waals surface area contributed by atoms with Crippen LogP contribution in [0.5, 0.6) is 5.75 Å². The highest BCUT2D eigenvalue weighted by Crippen LogP contribution is 2.51. The lowest BCUT2D eigenvalue weighted by molar-refractivity contribution is 0.0776. The van der Waals surface area contributed by atoms with E-state index >= 15 is 0 Å². The minimum absolute atomic E-state index is 0.0622. The van der Waals surface area contributed by atoms with Gasteiger partial charge in [0.05, 0.1) is 46.4 Å². The van der Waals surface area contributed by atoms with Crippen molar-refractivity contribution in [3.63, 3.8) is 0 Å². The topological polar surface area (TPSA) is 126 Å². The Bertz CT molecular complexity index is 2470. The third-order valence-corrected chi connectivity index (χ3v) is 12.4. The number of anilines is 1. The molecule has 0 unspecified atom stereocenters. The van der Waals surface area contributed by atoms with Crippen LogP contribution < -0.4 is 15.8 Å². The van der Waals surface area contributed by atoms with Gasteiger partial charge in [0.15, 0.2) is 0 Å². The molecule has 10 rings (SSSR count). The van der Waals surface area contributed by atoms with Gasteiger partial charge in [-0.15, -0.1) is 16.4 Å². The molecule has 4 aromatic heterocycles. The fraction of sp³-hybridized carbons (Fsp3) is 0.308. The summed E-state index contributed by atoms with van der Waals surface area (Å²) in [5, 5.41) is 11.5. The number of rotatable bonds is 7. The molecule has 4 aliphatic rings. The number of aromatic nitrogens is 4. The number of carbonyl (C=O) groups excluding carboxylic acids is 1. The Balaban J connectivity index is 1.15. The van der Waals surface area contributed by atoms with Crippen LogP contribution in [0.1, 0.15) is 87.7 Å². The minimum Gasteiger partial charge on any atom is -0.496 e. The van der Waals surface area contributed by atoms with Gasteiger partial charge in [-0.25, -0.2) is 19.3 Å². The maximum atomic E-state index is 14.3. The lowest BCUT2D eigenvalue weighted by Crippen LogP contribution is -2.22. The van der Waals surface area contributed by atoms with Gasteiger partial charge in [-0.2, -0.15) is 0 Å². The highest BCUT2D eigenvalue weighted by Gasteiger charge is 2.45. The number of aryl methyl sites for hydroxylation is 1. The number of carbonyl (C=O) groups is 1. The largest absolute Gasteiger partial charge is 0.496 e. The van der Waals surface area contributed by atoms with Crippen LogP contribution in [0.15, 0.2) is 63.9 Å². The molecule has 2 aliphatic carbocycles. The van der Waals surface area contributed by atoms with Crippen molar-refractivity contribution >= 4 is 33.1 Å². The fourth-order valence-corrected chi connectivity index (χ4v) is 10.1. The van der Waals surface area contributed by atoms with Gasteiger partial charge in [0, 0.05) is 23.2 Å². The summed E-state index contributed by atoms with van der Waals surface area (Å²) in [4.78, 5) is 39.6. The predicted molar refractivity (Wildman–Crippen MR) is 191 cm³/mol. The molecule has 3 atom stereocenters. The minimum atomic E-state index is -0.684. The lowest BCUT2D eigenvalue weighted by atomic mass is 9.89. The van der Waals surface area contributed by atoms with Crippen LogP contribution in [0.4, 0.5) is 10.2 Å². The zero-order valence-electron chi connectivity index (χ0n) is 27.8. The highest BCUT2D eigenvalue weighted by molar-refractivity contribution is 7.23. The Morgan fingerprint density at radius 3 is 2.84 bits per heavy atom. The molecule has 51 heavy (non-hydrogen) atoms. The second-order valence-electron chi connectivity index (χ2n) is 13.9. The number of thiophene rings is 1. The maximum absolute atomic E-state index is 14.3. The third kappa shape index (κ3) is 4.76. The average molecular weight is 701 g/mol. The normalized spacial score (nSPS) is 20.2. The smallest absolute Gasteiger partial charge is 0.434 e. The quantitative estimate of drug-likeness (QED) is 0.175. The summed E-state index contributed by atoms with van der Waals surface area (Å²) in [7, 11) is 1.71. The van der Waals surface area contributed by atoms with E-state index in [9.17, 15) is 14.0 Å². The van der Waals surface area contributed by atoms with Gasteiger partial charge in [0.1, 0.15) is 17.4 Å². The van der Waals surface area contributed by atoms with Gasteiger partial charge in [-0.1, -0.05) is 18.2 Å². The number of amides is 1. The standard InChI is InChI=1S/C39H33FN6O4S/c1-49-29-6-2-4-24-25(29)11-12-26(24)43-36-35-21(13-14-41-36)18-30(51-35)32-31(37-44-45-39(48)50-37)27(17-20-8-7-19-16-22(40)9-10-23(19)20)42-34-28-5-3-15-46(28)38(47)33(32)34/h2,4,6,9-10,13-14,16,18,20,26,28H,3,5,7-8,11-12,15,17H2,1H3,(H,41,43)(H,45,48)/t20-,26-,28-/m0/s1. The Morgan fingerprint density at radius 2 is 1.98 bits per heavy atom. The van der Waals surface area contributed by atoms with Gasteiger partial charge in [-0.3, -0.25) is 9.78 Å². The lowest BCUT2D eigenvalue weighted by Gasteiger charge is -2.19. The number of methoxy groups -OCH3 is 1. The number of ether oxygens (including phenoxy) is 1. The summed E-state index contributed by atoms with van der Waals surface area (Å²) in [6, 6.07) is 15.2. The number of pyridine rings is 2. The number of fused-ring (bicyclic) bond motifs is 6. The molecule has 0 bridgehead atoms. The number of nitrogens with zero attached hydrogens (tertiary/aromatic N) is 4. The summed E-state index contributed by atoms with van der Waals surface area (Å²) >= 11 is 1.56. The number of H-pyrrole nitrogens is 1. The molecular formula is C39H33FN6O4S. The van der Waals surface area contributed by atoms with Gasteiger partial charge in [-0.05, 0) is 109 Å². The molecular weight excluding hydrogens is 668 g/mol. The van der Waals surface area contributed by atoms with Crippen LogP contribution in [0, 0.1) is 5.82 Å². The van der Waals surface area contributed by atoms with Gasteiger partial charge in [0.25, 0.3) is 11.8 Å². The molecule has 0 spiro atoms. The van der Waals surface area contributed by atoms with Crippen LogP contribution in [-0.4, -0.2) is 44.6 Å². The summed E-state index contributed by atoms with van der Waals surface area (Å²) in [5.74, 6) is 0.864. The zero-order chi connectivity index (χ0) is 34.4. The van der Waals surface area contributed by atoms with Gasteiger partial charge >= 0.3 is 5.76 Å². The number of hydrogen-bond donors (Lipinski definition) is 2. The van der Waals surface area contributed by atoms with Crippen molar-refractivity contribution in [2.24, 2.45) is 0 Å². The van der Waals surface area contributed by atoms with Crippen LogP contribution >= 0.6 is 11.3 Å². The molecule has 2 N–H and O–H groups in total. The monoisotopic (exact) mass is 700 g/mol. The first-order chi connectivity index (χ1) is 24.9. The Morgan fingerprint density at radius 1 is 1.06 bits per heavy atom. The van der Waals surface area contributed by atoms with E-state index in [-0.39, 0.29) is 35.6 Å². The van der Waals surface area contributed by atoms with Crippen molar-refractivity contribution in [3.05, 3.63) is 110 Å². The van der Waals surface area contributed by atoms with E-state index in [0.717, 1.165) is 81.9 Å². The first-order valence-corrected chi connectivity index (χ1v) is 18.3. The van der Waals surface area contributed by atoms with E-state index in [2.05, 4.69) is 27.6 Å². The Kier molecular flexibility index (Phi) is 6.92. The molecule has 256 valence electrons.